The molecule has 7 N–H and O–H groups in total. The van der Waals surface area contributed by atoms with Gasteiger partial charge in [-0.25, -0.2) is 0 Å². The summed E-state index contributed by atoms with van der Waals surface area (Å²) in [5.74, 6) is -0.434. The van der Waals surface area contributed by atoms with E-state index in [0.717, 1.165) is 57.8 Å². The van der Waals surface area contributed by atoms with Crippen LogP contribution >= 0.6 is 0 Å². The molecule has 11 unspecified atom stereocenters. The van der Waals surface area contributed by atoms with Gasteiger partial charge in [-0.2, -0.15) is 0 Å². The second-order valence-corrected chi connectivity index (χ2v) is 15.8. The molecule has 0 aliphatic carbocycles. The lowest BCUT2D eigenvalue weighted by Crippen LogP contribution is -2.61. The minimum absolute atomic E-state index is 0.0498. The normalized spacial score (nSPS) is 28.0. The Labute approximate surface area is 364 Å². The number of rotatable bonds is 34. The number of hydrogen-bond donors (Lipinski definition) is 7. The van der Waals surface area contributed by atoms with Crippen molar-refractivity contribution >= 4 is 5.97 Å². The van der Waals surface area contributed by atoms with Crippen LogP contribution in [0.4, 0.5) is 0 Å². The molecule has 2 rings (SSSR count). The van der Waals surface area contributed by atoms with Crippen LogP contribution in [0.2, 0.25) is 0 Å². The summed E-state index contributed by atoms with van der Waals surface area (Å²) in [6.07, 6.45) is 24.9. The van der Waals surface area contributed by atoms with E-state index < -0.39 is 86.7 Å². The van der Waals surface area contributed by atoms with Gasteiger partial charge < -0.3 is 64.2 Å². The van der Waals surface area contributed by atoms with Crippen molar-refractivity contribution in [1.82, 2.24) is 0 Å². The molecule has 0 radical (unpaired) electrons. The summed E-state index contributed by atoms with van der Waals surface area (Å²) in [5.41, 5.74) is 0. The Kier molecular flexibility index (Phi) is 31.5. The van der Waals surface area contributed by atoms with Gasteiger partial charge in [-0.1, -0.05) is 126 Å². The summed E-state index contributed by atoms with van der Waals surface area (Å²) < 4.78 is 33.6. The molecule has 61 heavy (non-hydrogen) atoms. The fraction of sp³-hybridized carbons (Fsp3) is 0.766. The van der Waals surface area contributed by atoms with Gasteiger partial charge in [0.15, 0.2) is 12.6 Å². The number of esters is 1. The molecule has 2 aliphatic rings. The smallest absolute Gasteiger partial charge is 0.306 e. The highest BCUT2D eigenvalue weighted by Gasteiger charge is 2.47. The van der Waals surface area contributed by atoms with Gasteiger partial charge in [-0.15, -0.1) is 0 Å². The standard InChI is InChI=1S/C47H80O14/c1-3-5-6-7-8-9-10-11-12-13-14-15-16-17-18-19-20-21-22-23-24-25-26-27-28-29-31-56-33-36(59-39(49)30-4-2)34-57-46-45(55)43(53)41(51)38(61-46)35-58-47-44(54)42(52)40(50)37(32-48)60-47/h5-6,8-9,11-12,14-15,17-18,36-38,40-48,50-55H,3-4,7,10,13,16,19-35H2,1-2H3/b6-5-,9-8-,12-11-,15-14-,18-17-. The Morgan fingerprint density at radius 3 is 1.57 bits per heavy atom. The molecule has 0 bridgehead atoms. The third kappa shape index (κ3) is 23.8. The molecule has 14 nitrogen and oxygen atoms in total. The van der Waals surface area contributed by atoms with Crippen LogP contribution in [0.5, 0.6) is 0 Å². The number of allylic oxidation sites excluding steroid dienone is 10. The number of unbranched alkanes of at least 4 members (excludes halogenated alkanes) is 10. The van der Waals surface area contributed by atoms with Gasteiger partial charge in [-0.05, 0) is 57.8 Å². The fourth-order valence-corrected chi connectivity index (χ4v) is 6.82. The van der Waals surface area contributed by atoms with Crippen LogP contribution in [0.1, 0.15) is 129 Å². The summed E-state index contributed by atoms with van der Waals surface area (Å²) in [6.45, 7) is 3.15. The third-order valence-corrected chi connectivity index (χ3v) is 10.5. The monoisotopic (exact) mass is 869 g/mol. The first-order valence-electron chi connectivity index (χ1n) is 22.9. The molecule has 0 amide bonds. The van der Waals surface area contributed by atoms with Crippen LogP contribution in [-0.4, -0.2) is 142 Å². The number of aliphatic hydroxyl groups excluding tert-OH is 7. The largest absolute Gasteiger partial charge is 0.457 e. The molecule has 14 heteroatoms. The molecule has 352 valence electrons. The topological polar surface area (TPSA) is 214 Å². The summed E-state index contributed by atoms with van der Waals surface area (Å²) in [6, 6.07) is 0. The number of ether oxygens (including phenoxy) is 6. The lowest BCUT2D eigenvalue weighted by Gasteiger charge is -2.42. The predicted molar refractivity (Wildman–Crippen MR) is 233 cm³/mol. The molecular weight excluding hydrogens is 789 g/mol. The highest BCUT2D eigenvalue weighted by molar-refractivity contribution is 5.69. The van der Waals surface area contributed by atoms with Crippen molar-refractivity contribution in [2.45, 2.75) is 197 Å². The van der Waals surface area contributed by atoms with Crippen molar-refractivity contribution < 1.29 is 69.0 Å². The van der Waals surface area contributed by atoms with Crippen LogP contribution in [0.25, 0.3) is 0 Å². The van der Waals surface area contributed by atoms with E-state index in [0.29, 0.717) is 13.0 Å². The van der Waals surface area contributed by atoms with Gasteiger partial charge in [0.2, 0.25) is 0 Å². The van der Waals surface area contributed by atoms with Crippen molar-refractivity contribution in [1.29, 1.82) is 0 Å². The first-order valence-corrected chi connectivity index (χ1v) is 22.9. The summed E-state index contributed by atoms with van der Waals surface area (Å²) in [5, 5.41) is 71.3. The predicted octanol–water partition coefficient (Wildman–Crippen LogP) is 5.40. The molecule has 2 saturated heterocycles. The van der Waals surface area contributed by atoms with E-state index in [1.165, 1.54) is 44.9 Å². The maximum Gasteiger partial charge on any atom is 0.306 e. The van der Waals surface area contributed by atoms with Crippen LogP contribution in [0, 0.1) is 0 Å². The second kappa shape index (κ2) is 35.1. The summed E-state index contributed by atoms with van der Waals surface area (Å²) in [7, 11) is 0. The summed E-state index contributed by atoms with van der Waals surface area (Å²) in [4.78, 5) is 12.3. The number of carbonyl (C=O) groups excluding carboxylic acids is 1. The third-order valence-electron chi connectivity index (χ3n) is 10.5. The van der Waals surface area contributed by atoms with Crippen LogP contribution < -0.4 is 0 Å². The average molecular weight is 869 g/mol. The zero-order valence-corrected chi connectivity index (χ0v) is 36.9. The van der Waals surface area contributed by atoms with Crippen molar-refractivity contribution in [3.05, 3.63) is 60.8 Å². The molecule has 0 saturated carbocycles. The molecule has 2 aliphatic heterocycles. The van der Waals surface area contributed by atoms with Crippen LogP contribution in [0.3, 0.4) is 0 Å². The van der Waals surface area contributed by atoms with E-state index in [4.69, 9.17) is 28.4 Å². The SMILES string of the molecule is CC/C=C\C/C=C\C/C=C\C/C=C\C/C=C\CCCCCCCCCCCCOCC(COC1OC(COC2OC(CO)C(O)C(O)C2O)C(O)C(O)C1O)OC(=O)CCC. The van der Waals surface area contributed by atoms with E-state index in [9.17, 15) is 40.5 Å². The number of carbonyl (C=O) groups is 1. The van der Waals surface area contributed by atoms with Gasteiger partial charge in [0.05, 0.1) is 26.4 Å². The fourth-order valence-electron chi connectivity index (χ4n) is 6.82. The molecule has 0 aromatic carbocycles. The maximum atomic E-state index is 12.3. The highest BCUT2D eigenvalue weighted by atomic mass is 16.7. The Balaban J connectivity index is 1.56. The van der Waals surface area contributed by atoms with Crippen molar-refractivity contribution in [3.8, 4) is 0 Å². The minimum atomic E-state index is -1.70. The number of aliphatic hydroxyl groups is 7. The quantitative estimate of drug-likeness (QED) is 0.0245. The molecule has 2 heterocycles. The Hall–Kier alpha value is -2.31. The average Bonchev–Trinajstić information content (AvgIpc) is 3.25. The number of hydrogen-bond acceptors (Lipinski definition) is 14. The first-order chi connectivity index (χ1) is 29.6. The molecular formula is C47H80O14. The van der Waals surface area contributed by atoms with Gasteiger partial charge in [0.25, 0.3) is 0 Å². The van der Waals surface area contributed by atoms with E-state index >= 15 is 0 Å². The minimum Gasteiger partial charge on any atom is -0.457 e. The van der Waals surface area contributed by atoms with E-state index in [1.54, 1.807) is 0 Å². The first kappa shape index (κ1) is 54.8. The molecule has 0 aromatic heterocycles. The van der Waals surface area contributed by atoms with Crippen molar-refractivity contribution in [3.63, 3.8) is 0 Å². The Bertz CT molecular complexity index is 1240. The maximum absolute atomic E-state index is 12.3. The summed E-state index contributed by atoms with van der Waals surface area (Å²) >= 11 is 0. The lowest BCUT2D eigenvalue weighted by molar-refractivity contribution is -0.332. The zero-order valence-electron chi connectivity index (χ0n) is 36.9. The zero-order chi connectivity index (χ0) is 44.5. The van der Waals surface area contributed by atoms with Crippen molar-refractivity contribution in [2.75, 3.05) is 33.0 Å². The second-order valence-electron chi connectivity index (χ2n) is 15.8. The Morgan fingerprint density at radius 2 is 1.03 bits per heavy atom. The van der Waals surface area contributed by atoms with E-state index in [1.807, 2.05) is 6.92 Å². The van der Waals surface area contributed by atoms with Gasteiger partial charge in [-0.3, -0.25) is 4.79 Å². The van der Waals surface area contributed by atoms with Gasteiger partial charge >= 0.3 is 5.97 Å². The van der Waals surface area contributed by atoms with E-state index in [2.05, 4.69) is 67.7 Å². The molecule has 11 atom stereocenters. The molecule has 0 spiro atoms. The van der Waals surface area contributed by atoms with Gasteiger partial charge in [0, 0.05) is 13.0 Å². The van der Waals surface area contributed by atoms with E-state index in [-0.39, 0.29) is 19.6 Å². The van der Waals surface area contributed by atoms with Crippen LogP contribution in [-0.2, 0) is 33.2 Å². The van der Waals surface area contributed by atoms with Crippen molar-refractivity contribution in [2.24, 2.45) is 0 Å². The van der Waals surface area contributed by atoms with Crippen LogP contribution in [0.15, 0.2) is 60.8 Å². The molecule has 2 fully saturated rings. The highest BCUT2D eigenvalue weighted by Crippen LogP contribution is 2.26. The molecule has 0 aromatic rings. The Morgan fingerprint density at radius 1 is 0.557 bits per heavy atom. The lowest BCUT2D eigenvalue weighted by atomic mass is 9.98. The van der Waals surface area contributed by atoms with Gasteiger partial charge in [0.1, 0.15) is 54.9 Å².